The van der Waals surface area contributed by atoms with Crippen LogP contribution >= 0.6 is 0 Å². The van der Waals surface area contributed by atoms with Crippen LogP contribution in [0.15, 0.2) is 41.2 Å². The van der Waals surface area contributed by atoms with E-state index in [1.165, 1.54) is 27.3 Å². The van der Waals surface area contributed by atoms with E-state index >= 15 is 0 Å². The Kier molecular flexibility index (Phi) is 7.26. The standard InChI is InChI=1S/C22H26N8O5S/c1-13-9-16(35-28-13)12-30-21(17-7-6-8-19(25-17)33-4)26-27-22(30)29-36(31,32)15(3)20(34-5)18-11-23-14(2)10-24-18/h6-11,15,20H,12H2,1-5H3,(H,27,29)/t15-,20-/m0/s1. The average Bonchev–Trinajstić information content (AvgIpc) is 3.46. The third-order valence-electron chi connectivity index (χ3n) is 5.40. The molecule has 36 heavy (non-hydrogen) atoms. The van der Waals surface area contributed by atoms with Gasteiger partial charge in [0.25, 0.3) is 0 Å². The van der Waals surface area contributed by atoms with E-state index in [4.69, 9.17) is 14.0 Å². The van der Waals surface area contributed by atoms with Crippen molar-refractivity contribution in [1.82, 2.24) is 34.9 Å². The van der Waals surface area contributed by atoms with E-state index in [2.05, 4.69) is 35.0 Å². The number of anilines is 1. The largest absolute Gasteiger partial charge is 0.481 e. The molecule has 0 saturated carbocycles. The Hall–Kier alpha value is -3.91. The van der Waals surface area contributed by atoms with Crippen LogP contribution in [0.3, 0.4) is 0 Å². The summed E-state index contributed by atoms with van der Waals surface area (Å²) in [7, 11) is -1.12. The summed E-state index contributed by atoms with van der Waals surface area (Å²) in [6.45, 7) is 5.19. The second kappa shape index (κ2) is 10.4. The van der Waals surface area contributed by atoms with Crippen molar-refractivity contribution in [1.29, 1.82) is 0 Å². The summed E-state index contributed by atoms with van der Waals surface area (Å²) in [5.74, 6) is 1.13. The zero-order valence-electron chi connectivity index (χ0n) is 20.4. The smallest absolute Gasteiger partial charge is 0.240 e. The molecule has 0 spiro atoms. The van der Waals surface area contributed by atoms with E-state index in [9.17, 15) is 8.42 Å². The van der Waals surface area contributed by atoms with Crippen molar-refractivity contribution >= 4 is 16.0 Å². The quantitative estimate of drug-likeness (QED) is 0.331. The third kappa shape index (κ3) is 5.33. The summed E-state index contributed by atoms with van der Waals surface area (Å²) >= 11 is 0. The Bertz CT molecular complexity index is 1430. The number of nitrogens with zero attached hydrogens (tertiary/aromatic N) is 7. The first-order valence-electron chi connectivity index (χ1n) is 10.9. The Labute approximate surface area is 208 Å². The lowest BCUT2D eigenvalue weighted by Crippen LogP contribution is -2.33. The first-order chi connectivity index (χ1) is 17.2. The van der Waals surface area contributed by atoms with Gasteiger partial charge < -0.3 is 14.0 Å². The molecule has 0 unspecified atom stereocenters. The van der Waals surface area contributed by atoms with Crippen molar-refractivity contribution in [2.75, 3.05) is 18.9 Å². The van der Waals surface area contributed by atoms with Crippen molar-refractivity contribution < 1.29 is 22.4 Å². The fraction of sp³-hybridized carbons (Fsp3) is 0.364. The molecule has 0 aliphatic heterocycles. The van der Waals surface area contributed by atoms with E-state index in [0.717, 1.165) is 0 Å². The lowest BCUT2D eigenvalue weighted by molar-refractivity contribution is 0.0985. The number of aromatic nitrogens is 7. The van der Waals surface area contributed by atoms with Gasteiger partial charge in [-0.3, -0.25) is 19.3 Å². The predicted octanol–water partition coefficient (Wildman–Crippen LogP) is 2.31. The van der Waals surface area contributed by atoms with E-state index in [0.29, 0.717) is 40.2 Å². The monoisotopic (exact) mass is 514 g/mol. The fourth-order valence-electron chi connectivity index (χ4n) is 3.50. The summed E-state index contributed by atoms with van der Waals surface area (Å²) in [4.78, 5) is 12.9. The number of hydrogen-bond donors (Lipinski definition) is 1. The lowest BCUT2D eigenvalue weighted by atomic mass is 10.2. The third-order valence-corrected chi connectivity index (χ3v) is 7.09. The molecule has 4 aromatic heterocycles. The van der Waals surface area contributed by atoms with E-state index in [1.54, 1.807) is 48.9 Å². The van der Waals surface area contributed by atoms with Crippen LogP contribution in [-0.2, 0) is 21.3 Å². The number of pyridine rings is 1. The van der Waals surface area contributed by atoms with Crippen LogP contribution in [-0.4, -0.2) is 62.8 Å². The van der Waals surface area contributed by atoms with E-state index in [-0.39, 0.29) is 12.5 Å². The van der Waals surface area contributed by atoms with Gasteiger partial charge in [0.1, 0.15) is 17.0 Å². The van der Waals surface area contributed by atoms with Gasteiger partial charge >= 0.3 is 0 Å². The molecule has 14 heteroatoms. The van der Waals surface area contributed by atoms with Gasteiger partial charge in [-0.05, 0) is 26.8 Å². The maximum absolute atomic E-state index is 13.4. The predicted molar refractivity (Wildman–Crippen MR) is 129 cm³/mol. The molecule has 4 aromatic rings. The molecule has 4 rings (SSSR count). The topological polar surface area (TPSA) is 160 Å². The van der Waals surface area contributed by atoms with Crippen molar-refractivity contribution in [3.63, 3.8) is 0 Å². The SMILES string of the molecule is COc1cccc(-c2nnc(NS(=O)(=O)[C@@H](C)[C@H](OC)c3cnc(C)cn3)n2Cc2cc(C)no2)n1. The van der Waals surface area contributed by atoms with Gasteiger partial charge in [0.15, 0.2) is 11.6 Å². The second-order valence-electron chi connectivity index (χ2n) is 8.02. The van der Waals surface area contributed by atoms with Gasteiger partial charge in [-0.1, -0.05) is 11.2 Å². The summed E-state index contributed by atoms with van der Waals surface area (Å²) in [6.07, 6.45) is 2.18. The Morgan fingerprint density at radius 2 is 1.92 bits per heavy atom. The summed E-state index contributed by atoms with van der Waals surface area (Å²) in [6, 6.07) is 6.89. The summed E-state index contributed by atoms with van der Waals surface area (Å²) in [5, 5.41) is 11.1. The molecule has 0 saturated heterocycles. The molecule has 0 aromatic carbocycles. The molecule has 0 aliphatic carbocycles. The minimum Gasteiger partial charge on any atom is -0.481 e. The molecule has 190 valence electrons. The molecule has 0 amide bonds. The molecule has 0 aliphatic rings. The van der Waals surface area contributed by atoms with Crippen molar-refractivity contribution in [2.45, 2.75) is 38.7 Å². The zero-order valence-corrected chi connectivity index (χ0v) is 21.2. The molecule has 4 heterocycles. The van der Waals surface area contributed by atoms with E-state index < -0.39 is 21.4 Å². The maximum atomic E-state index is 13.4. The molecular weight excluding hydrogens is 488 g/mol. The van der Waals surface area contributed by atoms with Gasteiger partial charge in [-0.15, -0.1) is 10.2 Å². The van der Waals surface area contributed by atoms with Gasteiger partial charge in [0.2, 0.25) is 21.9 Å². The first kappa shape index (κ1) is 25.2. The Balaban J connectivity index is 1.70. The van der Waals surface area contributed by atoms with Crippen LogP contribution in [0.5, 0.6) is 5.88 Å². The van der Waals surface area contributed by atoms with Crippen LogP contribution in [0.1, 0.15) is 35.9 Å². The lowest BCUT2D eigenvalue weighted by Gasteiger charge is -2.22. The fourth-order valence-corrected chi connectivity index (χ4v) is 4.67. The van der Waals surface area contributed by atoms with Gasteiger partial charge in [0, 0.05) is 25.4 Å². The maximum Gasteiger partial charge on any atom is 0.240 e. The highest BCUT2D eigenvalue weighted by atomic mass is 32.2. The Morgan fingerprint density at radius 3 is 2.56 bits per heavy atom. The zero-order chi connectivity index (χ0) is 25.9. The average molecular weight is 515 g/mol. The number of nitrogens with one attached hydrogen (secondary N) is 1. The van der Waals surface area contributed by atoms with Crippen molar-refractivity contribution in [3.05, 3.63) is 59.5 Å². The number of rotatable bonds is 10. The number of ether oxygens (including phenoxy) is 2. The Morgan fingerprint density at radius 1 is 1.11 bits per heavy atom. The van der Waals surface area contributed by atoms with E-state index in [1.807, 2.05) is 0 Å². The highest BCUT2D eigenvalue weighted by Gasteiger charge is 2.34. The molecule has 0 radical (unpaired) electrons. The normalized spacial score (nSPS) is 13.4. The van der Waals surface area contributed by atoms with Crippen molar-refractivity contribution in [2.24, 2.45) is 0 Å². The molecule has 13 nitrogen and oxygen atoms in total. The minimum atomic E-state index is -4.03. The summed E-state index contributed by atoms with van der Waals surface area (Å²) in [5.41, 5.74) is 2.20. The number of methoxy groups -OCH3 is 2. The number of hydrogen-bond acceptors (Lipinski definition) is 11. The summed E-state index contributed by atoms with van der Waals surface area (Å²) < 4.78 is 46.9. The van der Waals surface area contributed by atoms with Crippen molar-refractivity contribution in [3.8, 4) is 17.4 Å². The molecule has 0 fully saturated rings. The minimum absolute atomic E-state index is 0.0274. The number of sulfonamides is 1. The number of aryl methyl sites for hydroxylation is 2. The molecule has 1 N–H and O–H groups in total. The van der Waals surface area contributed by atoms with Crippen LogP contribution in [0, 0.1) is 13.8 Å². The van der Waals surface area contributed by atoms with Crippen LogP contribution in [0.2, 0.25) is 0 Å². The van der Waals surface area contributed by atoms with Crippen LogP contribution in [0.4, 0.5) is 5.95 Å². The van der Waals surface area contributed by atoms with Crippen LogP contribution < -0.4 is 9.46 Å². The molecule has 0 bridgehead atoms. The highest BCUT2D eigenvalue weighted by Crippen LogP contribution is 2.27. The first-order valence-corrected chi connectivity index (χ1v) is 12.5. The second-order valence-corrected chi connectivity index (χ2v) is 10.1. The van der Waals surface area contributed by atoms with Crippen LogP contribution in [0.25, 0.3) is 11.5 Å². The van der Waals surface area contributed by atoms with Gasteiger partial charge in [-0.25, -0.2) is 13.4 Å². The highest BCUT2D eigenvalue weighted by molar-refractivity contribution is 7.93. The van der Waals surface area contributed by atoms with Gasteiger partial charge in [0.05, 0.1) is 36.9 Å². The molecular formula is C22H26N8O5S. The van der Waals surface area contributed by atoms with Gasteiger partial charge in [-0.2, -0.15) is 0 Å². The molecule has 2 atom stereocenters.